The fraction of sp³-hybridized carbons (Fsp3) is 0.241. The van der Waals surface area contributed by atoms with Crippen molar-refractivity contribution in [2.75, 3.05) is 25.8 Å². The summed E-state index contributed by atoms with van der Waals surface area (Å²) >= 11 is 6.75. The average molecular weight is 575 g/mol. The third-order valence-corrected chi connectivity index (χ3v) is 8.21. The third kappa shape index (κ3) is 5.28. The summed E-state index contributed by atoms with van der Waals surface area (Å²) in [5.74, 6) is 2.38. The van der Waals surface area contributed by atoms with Crippen molar-refractivity contribution in [1.82, 2.24) is 9.47 Å². The van der Waals surface area contributed by atoms with E-state index < -0.39 is 5.56 Å². The number of hydrogen-bond acceptors (Lipinski definition) is 9. The molecule has 11 heteroatoms. The van der Waals surface area contributed by atoms with Crippen molar-refractivity contribution in [3.63, 3.8) is 0 Å². The molecule has 2 aromatic carbocycles. The first-order valence-electron chi connectivity index (χ1n) is 12.4. The second kappa shape index (κ2) is 11.5. The highest BCUT2D eigenvalue weighted by molar-refractivity contribution is 8.26. The lowest BCUT2D eigenvalue weighted by Crippen LogP contribution is -2.30. The standard InChI is InChI=1S/C29H26N4O5S2/c1-17-21(13-25-28(35)33(29(39)40-25)11-10-18-4-7-20(36-3)8-5-18)26(32(2)27(34)22(17)14-30)31-15-19-6-9-23-24(12-19)38-16-37-23/h4-9,12-13,31H,10-11,15-16H2,1-3H3/b25-13+. The Morgan fingerprint density at radius 1 is 1.15 bits per heavy atom. The molecule has 0 spiro atoms. The Balaban J connectivity index is 1.42. The summed E-state index contributed by atoms with van der Waals surface area (Å²) in [5.41, 5.74) is 2.64. The summed E-state index contributed by atoms with van der Waals surface area (Å²) < 4.78 is 17.9. The number of thioether (sulfide) groups is 1. The zero-order chi connectivity index (χ0) is 28.4. The minimum Gasteiger partial charge on any atom is -0.497 e. The highest BCUT2D eigenvalue weighted by atomic mass is 32.2. The van der Waals surface area contributed by atoms with Gasteiger partial charge in [0, 0.05) is 25.7 Å². The quantitative estimate of drug-likeness (QED) is 0.310. The van der Waals surface area contributed by atoms with Crippen LogP contribution in [-0.2, 0) is 24.8 Å². The van der Waals surface area contributed by atoms with E-state index in [1.165, 1.54) is 16.3 Å². The number of anilines is 1. The van der Waals surface area contributed by atoms with Gasteiger partial charge in [-0.1, -0.05) is 42.2 Å². The van der Waals surface area contributed by atoms with E-state index in [1.54, 1.807) is 32.1 Å². The summed E-state index contributed by atoms with van der Waals surface area (Å²) in [6, 6.07) is 15.3. The molecule has 9 nitrogen and oxygen atoms in total. The van der Waals surface area contributed by atoms with Gasteiger partial charge in [0.1, 0.15) is 27.5 Å². The van der Waals surface area contributed by atoms with E-state index in [-0.39, 0.29) is 18.3 Å². The summed E-state index contributed by atoms with van der Waals surface area (Å²) in [6.45, 7) is 2.69. The second-order valence-corrected chi connectivity index (χ2v) is 10.9. The van der Waals surface area contributed by atoms with E-state index in [1.807, 2.05) is 48.5 Å². The van der Waals surface area contributed by atoms with Crippen molar-refractivity contribution in [3.05, 3.63) is 85.5 Å². The number of carbonyl (C=O) groups excluding carboxylic acids is 1. The van der Waals surface area contributed by atoms with Crippen molar-refractivity contribution in [1.29, 1.82) is 5.26 Å². The molecule has 0 bridgehead atoms. The molecule has 1 aromatic heterocycles. The Morgan fingerprint density at radius 3 is 2.60 bits per heavy atom. The van der Waals surface area contributed by atoms with Crippen molar-refractivity contribution < 1.29 is 19.0 Å². The number of nitriles is 1. The summed E-state index contributed by atoms with van der Waals surface area (Å²) in [4.78, 5) is 28.4. The van der Waals surface area contributed by atoms with Crippen molar-refractivity contribution in [3.8, 4) is 23.3 Å². The van der Waals surface area contributed by atoms with Gasteiger partial charge in [0.15, 0.2) is 11.5 Å². The maximum Gasteiger partial charge on any atom is 0.270 e. The Hall–Kier alpha value is -4.27. The minimum absolute atomic E-state index is 0.0253. The molecule has 1 saturated heterocycles. The number of fused-ring (bicyclic) bond motifs is 1. The monoisotopic (exact) mass is 574 g/mol. The number of carbonyl (C=O) groups is 1. The van der Waals surface area contributed by atoms with Crippen LogP contribution in [0.2, 0.25) is 0 Å². The topological polar surface area (TPSA) is 106 Å². The van der Waals surface area contributed by atoms with Gasteiger partial charge in [-0.2, -0.15) is 5.26 Å². The van der Waals surface area contributed by atoms with Gasteiger partial charge >= 0.3 is 0 Å². The minimum atomic E-state index is -0.419. The van der Waals surface area contributed by atoms with E-state index in [0.717, 1.165) is 16.9 Å². The number of methoxy groups -OCH3 is 1. The molecule has 0 aliphatic carbocycles. The van der Waals surface area contributed by atoms with Crippen LogP contribution in [-0.4, -0.2) is 40.1 Å². The number of pyridine rings is 1. The fourth-order valence-electron chi connectivity index (χ4n) is 4.54. The summed E-state index contributed by atoms with van der Waals surface area (Å²) in [6.07, 6.45) is 2.34. The van der Waals surface area contributed by atoms with Crippen LogP contribution in [0.3, 0.4) is 0 Å². The van der Waals surface area contributed by atoms with Gasteiger partial charge in [-0.3, -0.25) is 19.1 Å². The first-order valence-corrected chi connectivity index (χ1v) is 13.7. The van der Waals surface area contributed by atoms with Gasteiger partial charge in [-0.05, 0) is 60.4 Å². The molecule has 1 fully saturated rings. The maximum atomic E-state index is 13.4. The zero-order valence-corrected chi connectivity index (χ0v) is 23.8. The van der Waals surface area contributed by atoms with Crippen LogP contribution in [0.1, 0.15) is 27.8 Å². The highest BCUT2D eigenvalue weighted by Gasteiger charge is 2.32. The average Bonchev–Trinajstić information content (AvgIpc) is 3.53. The molecular formula is C29H26N4O5S2. The molecular weight excluding hydrogens is 548 g/mol. The SMILES string of the molecule is COc1ccc(CCN2C(=O)/C(=C\c3c(C)c(C#N)c(=O)n(C)c3NCc3ccc4c(c3)OCO4)SC2=S)cc1. The molecule has 204 valence electrons. The van der Waals surface area contributed by atoms with Gasteiger partial charge in [-0.15, -0.1) is 0 Å². The molecule has 2 aliphatic heterocycles. The lowest BCUT2D eigenvalue weighted by molar-refractivity contribution is -0.122. The van der Waals surface area contributed by atoms with Gasteiger partial charge in [0.25, 0.3) is 11.5 Å². The number of nitrogens with one attached hydrogen (secondary N) is 1. The molecule has 0 saturated carbocycles. The van der Waals surface area contributed by atoms with Crippen molar-refractivity contribution in [2.24, 2.45) is 7.05 Å². The van der Waals surface area contributed by atoms with Crippen LogP contribution in [0.15, 0.2) is 52.2 Å². The predicted octanol–water partition coefficient (Wildman–Crippen LogP) is 4.36. The van der Waals surface area contributed by atoms with Gasteiger partial charge in [-0.25, -0.2) is 0 Å². The highest BCUT2D eigenvalue weighted by Crippen LogP contribution is 2.36. The number of ether oxygens (including phenoxy) is 3. The van der Waals surface area contributed by atoms with Crippen LogP contribution < -0.4 is 25.1 Å². The molecule has 0 radical (unpaired) electrons. The molecule has 40 heavy (non-hydrogen) atoms. The van der Waals surface area contributed by atoms with Crippen molar-refractivity contribution >= 4 is 46.1 Å². The van der Waals surface area contributed by atoms with E-state index in [9.17, 15) is 14.9 Å². The lowest BCUT2D eigenvalue weighted by atomic mass is 10.0. The normalized spacial score (nSPS) is 15.1. The van der Waals surface area contributed by atoms with Crippen LogP contribution in [0.4, 0.5) is 5.82 Å². The number of benzene rings is 2. The molecule has 2 aliphatic rings. The van der Waals surface area contributed by atoms with Crippen LogP contribution in [0.25, 0.3) is 6.08 Å². The Labute approximate surface area is 241 Å². The van der Waals surface area contributed by atoms with E-state index in [4.69, 9.17) is 26.4 Å². The Morgan fingerprint density at radius 2 is 1.88 bits per heavy atom. The third-order valence-electron chi connectivity index (χ3n) is 6.83. The van der Waals surface area contributed by atoms with Crippen LogP contribution in [0.5, 0.6) is 17.2 Å². The van der Waals surface area contributed by atoms with Gasteiger partial charge < -0.3 is 19.5 Å². The Kier molecular flexibility index (Phi) is 7.82. The first-order chi connectivity index (χ1) is 19.3. The number of aromatic nitrogens is 1. The van der Waals surface area contributed by atoms with Crippen LogP contribution in [0, 0.1) is 18.3 Å². The first kappa shape index (κ1) is 27.3. The molecule has 3 aromatic rings. The largest absolute Gasteiger partial charge is 0.497 e. The molecule has 1 amide bonds. The number of amides is 1. The number of nitrogens with zero attached hydrogens (tertiary/aromatic N) is 3. The number of thiocarbonyl (C=S) groups is 1. The number of hydrogen-bond donors (Lipinski definition) is 1. The van der Waals surface area contributed by atoms with Crippen molar-refractivity contribution in [2.45, 2.75) is 19.9 Å². The second-order valence-electron chi connectivity index (χ2n) is 9.21. The van der Waals surface area contributed by atoms with Gasteiger partial charge in [0.05, 0.1) is 12.0 Å². The fourth-order valence-corrected chi connectivity index (χ4v) is 5.83. The smallest absolute Gasteiger partial charge is 0.270 e. The Bertz CT molecular complexity index is 1640. The summed E-state index contributed by atoms with van der Waals surface area (Å²) in [5, 5.41) is 13.0. The van der Waals surface area contributed by atoms with Gasteiger partial charge in [0.2, 0.25) is 6.79 Å². The van der Waals surface area contributed by atoms with E-state index in [0.29, 0.717) is 57.2 Å². The summed E-state index contributed by atoms with van der Waals surface area (Å²) in [7, 11) is 3.22. The van der Waals surface area contributed by atoms with Crippen LogP contribution >= 0.6 is 24.0 Å². The van der Waals surface area contributed by atoms with E-state index in [2.05, 4.69) is 5.32 Å². The molecule has 0 atom stereocenters. The molecule has 3 heterocycles. The predicted molar refractivity (Wildman–Crippen MR) is 158 cm³/mol. The number of rotatable bonds is 8. The molecule has 5 rings (SSSR count). The molecule has 1 N–H and O–H groups in total. The van der Waals surface area contributed by atoms with E-state index >= 15 is 0 Å². The molecule has 0 unspecified atom stereocenters. The lowest BCUT2D eigenvalue weighted by Gasteiger charge is -2.18. The maximum absolute atomic E-state index is 13.4. The zero-order valence-electron chi connectivity index (χ0n) is 22.1.